The minimum Gasteiger partial charge on any atom is -0.293 e. The van der Waals surface area contributed by atoms with E-state index in [2.05, 4.69) is 0 Å². The molecule has 2 nitrogen and oxygen atoms in total. The van der Waals surface area contributed by atoms with E-state index in [1.165, 1.54) is 0 Å². The molecule has 0 amide bonds. The van der Waals surface area contributed by atoms with Gasteiger partial charge in [0.25, 0.3) is 0 Å². The lowest BCUT2D eigenvalue weighted by atomic mass is 10.1. The van der Waals surface area contributed by atoms with Crippen LogP contribution < -0.4 is 0 Å². The summed E-state index contributed by atoms with van der Waals surface area (Å²) >= 11 is 5.80. The molecule has 2 rings (SSSR count). The van der Waals surface area contributed by atoms with Crippen LogP contribution in [-0.4, -0.2) is 15.2 Å². The Balaban J connectivity index is 2.25. The van der Waals surface area contributed by atoms with Crippen LogP contribution in [0.25, 0.3) is 0 Å². The number of carbonyl (C=O) groups is 1. The van der Waals surface area contributed by atoms with Crippen LogP contribution in [0.1, 0.15) is 22.8 Å². The average molecular weight is 307 g/mol. The molecule has 104 valence electrons. The van der Waals surface area contributed by atoms with Gasteiger partial charge in [-0.05, 0) is 49.7 Å². The normalized spacial score (nSPS) is 13.8. The summed E-state index contributed by atoms with van der Waals surface area (Å²) in [6.07, 6.45) is 0. The molecule has 2 unspecified atom stereocenters. The fourth-order valence-electron chi connectivity index (χ4n) is 1.92. The maximum absolute atomic E-state index is 12.5. The van der Waals surface area contributed by atoms with Gasteiger partial charge in [0.05, 0.1) is 16.0 Å². The lowest BCUT2D eigenvalue weighted by Gasteiger charge is -2.12. The third kappa shape index (κ3) is 3.17. The predicted molar refractivity (Wildman–Crippen MR) is 82.8 cm³/mol. The first-order chi connectivity index (χ1) is 9.50. The van der Waals surface area contributed by atoms with Gasteiger partial charge in [-0.25, -0.2) is 0 Å². The van der Waals surface area contributed by atoms with Crippen molar-refractivity contribution in [2.75, 3.05) is 0 Å². The summed E-state index contributed by atoms with van der Waals surface area (Å²) < 4.78 is 12.5. The van der Waals surface area contributed by atoms with E-state index in [-0.39, 0.29) is 5.78 Å². The average Bonchev–Trinajstić information content (AvgIpc) is 2.46. The van der Waals surface area contributed by atoms with Gasteiger partial charge in [0.1, 0.15) is 0 Å². The number of halogens is 1. The maximum atomic E-state index is 12.5. The summed E-state index contributed by atoms with van der Waals surface area (Å²) in [5.41, 5.74) is 1.46. The van der Waals surface area contributed by atoms with E-state index in [0.717, 1.165) is 5.56 Å². The van der Waals surface area contributed by atoms with Gasteiger partial charge in [-0.15, -0.1) is 0 Å². The Hall–Kier alpha value is -1.45. The molecule has 0 saturated heterocycles. The number of hydrogen-bond donors (Lipinski definition) is 0. The number of ketones is 1. The molecule has 0 N–H and O–H groups in total. The van der Waals surface area contributed by atoms with E-state index in [9.17, 15) is 9.00 Å². The monoisotopic (exact) mass is 306 g/mol. The first-order valence-corrected chi connectivity index (χ1v) is 7.86. The van der Waals surface area contributed by atoms with Gasteiger partial charge in [0, 0.05) is 15.5 Å². The molecule has 20 heavy (non-hydrogen) atoms. The predicted octanol–water partition coefficient (Wildman–Crippen LogP) is 4.03. The number of Topliss-reactive ketones (excluding diaryl/α,β-unsaturated/α-hetero) is 1. The first-order valence-electron chi connectivity index (χ1n) is 6.26. The molecule has 2 aromatic rings. The van der Waals surface area contributed by atoms with Crippen LogP contribution in [0, 0.1) is 6.92 Å². The minimum atomic E-state index is -1.36. The van der Waals surface area contributed by atoms with Crippen LogP contribution in [0.3, 0.4) is 0 Å². The molecule has 0 aliphatic heterocycles. The molecule has 0 spiro atoms. The summed E-state index contributed by atoms with van der Waals surface area (Å²) in [5, 5.41) is -0.00787. The standard InChI is InChI=1S/C16H15ClO2S/c1-11-5-3-4-6-15(11)20(19)12(2)16(18)13-7-9-14(17)10-8-13/h3-10,12H,1-2H3. The van der Waals surface area contributed by atoms with Crippen LogP contribution >= 0.6 is 11.6 Å². The molecule has 0 saturated carbocycles. The van der Waals surface area contributed by atoms with Crippen molar-refractivity contribution in [3.63, 3.8) is 0 Å². The molecule has 2 atom stereocenters. The van der Waals surface area contributed by atoms with E-state index >= 15 is 0 Å². The van der Waals surface area contributed by atoms with E-state index in [0.29, 0.717) is 15.5 Å². The molecule has 0 fully saturated rings. The van der Waals surface area contributed by atoms with Crippen LogP contribution in [-0.2, 0) is 10.8 Å². The van der Waals surface area contributed by atoms with Gasteiger partial charge >= 0.3 is 0 Å². The van der Waals surface area contributed by atoms with Crippen LogP contribution in [0.2, 0.25) is 5.02 Å². The lowest BCUT2D eigenvalue weighted by molar-refractivity contribution is 0.0992. The van der Waals surface area contributed by atoms with E-state index < -0.39 is 16.0 Å². The van der Waals surface area contributed by atoms with E-state index in [4.69, 9.17) is 11.6 Å². The lowest BCUT2D eigenvalue weighted by Crippen LogP contribution is -2.23. The highest BCUT2D eigenvalue weighted by molar-refractivity contribution is 7.86. The number of hydrogen-bond acceptors (Lipinski definition) is 2. The third-order valence-electron chi connectivity index (χ3n) is 3.13. The summed E-state index contributed by atoms with van der Waals surface area (Å²) in [6, 6.07) is 14.1. The second-order valence-electron chi connectivity index (χ2n) is 4.58. The Morgan fingerprint density at radius 1 is 1.10 bits per heavy atom. The zero-order chi connectivity index (χ0) is 14.7. The van der Waals surface area contributed by atoms with Crippen molar-refractivity contribution >= 4 is 28.2 Å². The molecule has 0 heterocycles. The number of aryl methyl sites for hydroxylation is 1. The fourth-order valence-corrected chi connectivity index (χ4v) is 3.35. The molecule has 0 aliphatic rings. The van der Waals surface area contributed by atoms with Crippen molar-refractivity contribution in [3.8, 4) is 0 Å². The van der Waals surface area contributed by atoms with Crippen molar-refractivity contribution in [2.24, 2.45) is 0 Å². The first kappa shape index (κ1) is 14.9. The van der Waals surface area contributed by atoms with Gasteiger partial charge in [0.2, 0.25) is 0 Å². The second kappa shape index (κ2) is 6.33. The molecule has 0 aliphatic carbocycles. The number of rotatable bonds is 4. The summed E-state index contributed by atoms with van der Waals surface area (Å²) in [7, 11) is -1.36. The van der Waals surface area contributed by atoms with Crippen LogP contribution in [0.15, 0.2) is 53.4 Å². The van der Waals surface area contributed by atoms with Crippen molar-refractivity contribution in [3.05, 3.63) is 64.7 Å². The quantitative estimate of drug-likeness (QED) is 0.799. The molecule has 4 heteroatoms. The Morgan fingerprint density at radius 2 is 1.70 bits per heavy atom. The fraction of sp³-hybridized carbons (Fsp3) is 0.188. The van der Waals surface area contributed by atoms with Crippen molar-refractivity contribution < 1.29 is 9.00 Å². The molecule has 2 aromatic carbocycles. The van der Waals surface area contributed by atoms with Gasteiger partial charge in [-0.3, -0.25) is 9.00 Å². The van der Waals surface area contributed by atoms with Gasteiger partial charge in [-0.1, -0.05) is 29.8 Å². The van der Waals surface area contributed by atoms with Gasteiger partial charge in [0.15, 0.2) is 5.78 Å². The summed E-state index contributed by atoms with van der Waals surface area (Å²) in [5.74, 6) is -0.136. The largest absolute Gasteiger partial charge is 0.293 e. The maximum Gasteiger partial charge on any atom is 0.178 e. The highest BCUT2D eigenvalue weighted by Crippen LogP contribution is 2.19. The minimum absolute atomic E-state index is 0.136. The van der Waals surface area contributed by atoms with E-state index in [1.54, 1.807) is 37.3 Å². The van der Waals surface area contributed by atoms with Crippen molar-refractivity contribution in [1.82, 2.24) is 0 Å². The molecule has 0 radical (unpaired) electrons. The second-order valence-corrected chi connectivity index (χ2v) is 6.75. The Morgan fingerprint density at radius 3 is 2.30 bits per heavy atom. The van der Waals surface area contributed by atoms with Crippen LogP contribution in [0.5, 0.6) is 0 Å². The molecular formula is C16H15ClO2S. The highest BCUT2D eigenvalue weighted by Gasteiger charge is 2.23. The third-order valence-corrected chi connectivity index (χ3v) is 5.13. The van der Waals surface area contributed by atoms with Crippen molar-refractivity contribution in [1.29, 1.82) is 0 Å². The zero-order valence-electron chi connectivity index (χ0n) is 11.3. The smallest absolute Gasteiger partial charge is 0.178 e. The SMILES string of the molecule is Cc1ccccc1S(=O)C(C)C(=O)c1ccc(Cl)cc1. The zero-order valence-corrected chi connectivity index (χ0v) is 12.9. The molecule has 0 bridgehead atoms. The summed E-state index contributed by atoms with van der Waals surface area (Å²) in [4.78, 5) is 13.1. The van der Waals surface area contributed by atoms with Crippen molar-refractivity contribution in [2.45, 2.75) is 24.0 Å². The Kier molecular flexibility index (Phi) is 4.73. The number of carbonyl (C=O) groups excluding carboxylic acids is 1. The molecular weight excluding hydrogens is 292 g/mol. The molecule has 0 aromatic heterocycles. The van der Waals surface area contributed by atoms with Gasteiger partial charge in [-0.2, -0.15) is 0 Å². The Bertz CT molecular complexity index is 650. The van der Waals surface area contributed by atoms with Crippen LogP contribution in [0.4, 0.5) is 0 Å². The topological polar surface area (TPSA) is 34.1 Å². The highest BCUT2D eigenvalue weighted by atomic mass is 35.5. The Labute approximate surface area is 126 Å². The van der Waals surface area contributed by atoms with Gasteiger partial charge < -0.3 is 0 Å². The summed E-state index contributed by atoms with van der Waals surface area (Å²) in [6.45, 7) is 3.59. The number of benzene rings is 2. The van der Waals surface area contributed by atoms with E-state index in [1.807, 2.05) is 25.1 Å².